The minimum atomic E-state index is 0.688. The topological polar surface area (TPSA) is 24.4 Å². The molecule has 1 aliphatic heterocycles. The van der Waals surface area contributed by atoms with Gasteiger partial charge in [0.05, 0.1) is 6.54 Å². The second-order valence-corrected chi connectivity index (χ2v) is 6.49. The largest absolute Gasteiger partial charge is 0.364 e. The first-order valence-electron chi connectivity index (χ1n) is 5.73. The molecule has 3 aliphatic rings. The number of amidine groups is 1. The first kappa shape index (κ1) is 9.08. The monoisotopic (exact) mass is 210 g/mol. The van der Waals surface area contributed by atoms with Crippen LogP contribution in [0.15, 0.2) is 4.99 Å². The van der Waals surface area contributed by atoms with Gasteiger partial charge in [0.15, 0.2) is 5.17 Å². The highest BCUT2D eigenvalue weighted by atomic mass is 32.2. The van der Waals surface area contributed by atoms with Gasteiger partial charge in [-0.3, -0.25) is 4.99 Å². The zero-order chi connectivity index (χ0) is 9.60. The van der Waals surface area contributed by atoms with Crippen molar-refractivity contribution in [2.75, 3.05) is 13.1 Å². The van der Waals surface area contributed by atoms with Crippen LogP contribution in [0.2, 0.25) is 0 Å². The molecule has 1 atom stereocenters. The van der Waals surface area contributed by atoms with Crippen molar-refractivity contribution in [2.45, 2.75) is 37.9 Å². The lowest BCUT2D eigenvalue weighted by Gasteiger charge is -2.15. The molecule has 0 saturated heterocycles. The molecule has 3 rings (SSSR count). The molecule has 1 N–H and O–H groups in total. The Labute approximate surface area is 89.9 Å². The van der Waals surface area contributed by atoms with E-state index in [9.17, 15) is 0 Å². The summed E-state index contributed by atoms with van der Waals surface area (Å²) in [6.07, 6.45) is 5.88. The number of rotatable bonds is 3. The van der Waals surface area contributed by atoms with E-state index in [4.69, 9.17) is 0 Å². The molecule has 0 aromatic carbocycles. The Morgan fingerprint density at radius 2 is 2.29 bits per heavy atom. The summed E-state index contributed by atoms with van der Waals surface area (Å²) in [5.41, 5.74) is 0.703. The molecule has 0 aromatic rings. The molecule has 2 saturated carbocycles. The number of thioether (sulfide) groups is 1. The fourth-order valence-corrected chi connectivity index (χ4v) is 3.25. The van der Waals surface area contributed by atoms with Crippen LogP contribution in [0.3, 0.4) is 0 Å². The summed E-state index contributed by atoms with van der Waals surface area (Å²) in [5, 5.41) is 5.44. The lowest BCUT2D eigenvalue weighted by molar-refractivity contribution is 0.435. The predicted octanol–water partition coefficient (Wildman–Crippen LogP) is 2.26. The molecule has 1 unspecified atom stereocenters. The maximum absolute atomic E-state index is 4.50. The molecule has 2 nitrogen and oxygen atoms in total. The highest BCUT2D eigenvalue weighted by Crippen LogP contribution is 2.60. The third kappa shape index (κ3) is 1.67. The van der Waals surface area contributed by atoms with Crippen molar-refractivity contribution < 1.29 is 0 Å². The summed E-state index contributed by atoms with van der Waals surface area (Å²) in [6, 6.07) is 0. The summed E-state index contributed by atoms with van der Waals surface area (Å²) in [7, 11) is 0. The third-order valence-electron chi connectivity index (χ3n) is 3.73. The van der Waals surface area contributed by atoms with E-state index in [1.54, 1.807) is 0 Å². The zero-order valence-electron chi connectivity index (χ0n) is 8.75. The fraction of sp³-hybridized carbons (Fsp3) is 0.909. The maximum Gasteiger partial charge on any atom is 0.156 e. The van der Waals surface area contributed by atoms with E-state index in [2.05, 4.69) is 17.2 Å². The molecule has 0 aromatic heterocycles. The van der Waals surface area contributed by atoms with Gasteiger partial charge in [-0.25, -0.2) is 0 Å². The summed E-state index contributed by atoms with van der Waals surface area (Å²) in [5.74, 6) is 1.06. The van der Waals surface area contributed by atoms with Crippen molar-refractivity contribution in [2.24, 2.45) is 16.3 Å². The van der Waals surface area contributed by atoms with Crippen LogP contribution in [0.4, 0.5) is 0 Å². The second kappa shape index (κ2) is 3.16. The van der Waals surface area contributed by atoms with E-state index in [1.807, 2.05) is 11.8 Å². The quantitative estimate of drug-likeness (QED) is 0.772. The standard InChI is InChI=1S/C11H18N2S/c1-8-6-12-10(14-8)13-7-11(4-5-11)9-2-3-9/h8-9H,2-7H2,1H3,(H,12,13). The summed E-state index contributed by atoms with van der Waals surface area (Å²) < 4.78 is 0. The van der Waals surface area contributed by atoms with Crippen LogP contribution in [-0.4, -0.2) is 23.5 Å². The van der Waals surface area contributed by atoms with Crippen molar-refractivity contribution in [3.05, 3.63) is 0 Å². The van der Waals surface area contributed by atoms with Gasteiger partial charge in [-0.2, -0.15) is 0 Å². The van der Waals surface area contributed by atoms with Crippen LogP contribution >= 0.6 is 11.8 Å². The molecular formula is C11H18N2S. The highest BCUT2D eigenvalue weighted by Gasteiger charge is 2.53. The maximum atomic E-state index is 4.50. The van der Waals surface area contributed by atoms with Crippen LogP contribution in [0.25, 0.3) is 0 Å². The van der Waals surface area contributed by atoms with Gasteiger partial charge in [0, 0.05) is 11.8 Å². The van der Waals surface area contributed by atoms with Crippen LogP contribution in [0.1, 0.15) is 32.6 Å². The van der Waals surface area contributed by atoms with E-state index in [1.165, 1.54) is 37.4 Å². The number of hydrogen-bond donors (Lipinski definition) is 1. The Bertz CT molecular complexity index is 266. The van der Waals surface area contributed by atoms with Crippen molar-refractivity contribution in [3.63, 3.8) is 0 Å². The van der Waals surface area contributed by atoms with Gasteiger partial charge < -0.3 is 5.32 Å². The van der Waals surface area contributed by atoms with E-state index < -0.39 is 0 Å². The molecular weight excluding hydrogens is 192 g/mol. The van der Waals surface area contributed by atoms with Gasteiger partial charge in [-0.15, -0.1) is 0 Å². The minimum Gasteiger partial charge on any atom is -0.364 e. The number of hydrogen-bond acceptors (Lipinski definition) is 3. The molecule has 2 fully saturated rings. The molecule has 0 spiro atoms. The van der Waals surface area contributed by atoms with Gasteiger partial charge in [0.25, 0.3) is 0 Å². The van der Waals surface area contributed by atoms with Gasteiger partial charge in [0.1, 0.15) is 0 Å². The fourth-order valence-electron chi connectivity index (χ4n) is 2.41. The van der Waals surface area contributed by atoms with E-state index in [-0.39, 0.29) is 0 Å². The molecule has 1 heterocycles. The van der Waals surface area contributed by atoms with Gasteiger partial charge >= 0.3 is 0 Å². The summed E-state index contributed by atoms with van der Waals surface area (Å²) in [6.45, 7) is 4.44. The molecule has 3 heteroatoms. The Hall–Kier alpha value is -0.180. The summed E-state index contributed by atoms with van der Waals surface area (Å²) >= 11 is 1.90. The second-order valence-electron chi connectivity index (χ2n) is 5.06. The molecule has 78 valence electrons. The lowest BCUT2D eigenvalue weighted by atomic mass is 10.0. The number of nitrogens with one attached hydrogen (secondary N) is 1. The average Bonchev–Trinajstić information content (AvgIpc) is 3.03. The van der Waals surface area contributed by atoms with Crippen LogP contribution in [0.5, 0.6) is 0 Å². The Morgan fingerprint density at radius 1 is 1.50 bits per heavy atom. The molecule has 0 radical (unpaired) electrons. The van der Waals surface area contributed by atoms with Crippen LogP contribution in [-0.2, 0) is 0 Å². The third-order valence-corrected chi connectivity index (χ3v) is 4.78. The first-order chi connectivity index (χ1) is 6.78. The van der Waals surface area contributed by atoms with Crippen LogP contribution in [0, 0.1) is 11.3 Å². The van der Waals surface area contributed by atoms with Crippen molar-refractivity contribution in [3.8, 4) is 0 Å². The predicted molar refractivity (Wildman–Crippen MR) is 61.7 cm³/mol. The lowest BCUT2D eigenvalue weighted by Crippen LogP contribution is -2.28. The van der Waals surface area contributed by atoms with Crippen molar-refractivity contribution >= 4 is 16.9 Å². The SMILES string of the molecule is CC1CN=C(NCC2(C3CC3)CC2)S1. The molecule has 14 heavy (non-hydrogen) atoms. The van der Waals surface area contributed by atoms with Crippen LogP contribution < -0.4 is 5.32 Å². The smallest absolute Gasteiger partial charge is 0.156 e. The summed E-state index contributed by atoms with van der Waals surface area (Å²) in [4.78, 5) is 4.50. The minimum absolute atomic E-state index is 0.688. The van der Waals surface area contributed by atoms with Crippen molar-refractivity contribution in [1.29, 1.82) is 0 Å². The van der Waals surface area contributed by atoms with Gasteiger partial charge in [-0.05, 0) is 37.0 Å². The zero-order valence-corrected chi connectivity index (χ0v) is 9.57. The number of aliphatic imine (C=N–C) groups is 1. The Kier molecular flexibility index (Phi) is 2.05. The Balaban J connectivity index is 1.50. The van der Waals surface area contributed by atoms with Gasteiger partial charge in [0.2, 0.25) is 0 Å². The number of nitrogens with zero attached hydrogens (tertiary/aromatic N) is 1. The molecule has 0 amide bonds. The van der Waals surface area contributed by atoms with E-state index in [0.29, 0.717) is 10.7 Å². The Morgan fingerprint density at radius 3 is 2.79 bits per heavy atom. The van der Waals surface area contributed by atoms with E-state index >= 15 is 0 Å². The molecule has 0 bridgehead atoms. The normalized spacial score (nSPS) is 34.1. The molecule has 2 aliphatic carbocycles. The van der Waals surface area contributed by atoms with Gasteiger partial charge in [-0.1, -0.05) is 18.7 Å². The first-order valence-corrected chi connectivity index (χ1v) is 6.61. The average molecular weight is 210 g/mol. The van der Waals surface area contributed by atoms with Crippen molar-refractivity contribution in [1.82, 2.24) is 5.32 Å². The van der Waals surface area contributed by atoms with E-state index in [0.717, 1.165) is 12.5 Å². The highest BCUT2D eigenvalue weighted by molar-refractivity contribution is 8.14.